The van der Waals surface area contributed by atoms with E-state index < -0.39 is 5.60 Å². The number of aromatic nitrogens is 1. The number of thiazole rings is 1. The molecule has 17 heavy (non-hydrogen) atoms. The lowest BCUT2D eigenvalue weighted by atomic mass is 10.1. The molecule has 0 amide bonds. The van der Waals surface area contributed by atoms with E-state index in [4.69, 9.17) is 10.5 Å². The summed E-state index contributed by atoms with van der Waals surface area (Å²) in [5.74, 6) is -0.357. The predicted molar refractivity (Wildman–Crippen MR) is 70.6 cm³/mol. The fraction of sp³-hybridized carbons (Fsp3) is 0.500. The number of nitrogens with two attached hydrogens (primary N) is 1. The Morgan fingerprint density at radius 3 is 2.65 bits per heavy atom. The average Bonchev–Trinajstić information content (AvgIpc) is 2.58. The zero-order valence-electron chi connectivity index (χ0n) is 10.6. The molecule has 4 nitrogen and oxygen atoms in total. The predicted octanol–water partition coefficient (Wildman–Crippen LogP) is 2.86. The molecule has 5 heteroatoms. The van der Waals surface area contributed by atoms with Gasteiger partial charge in [0.2, 0.25) is 0 Å². The van der Waals surface area contributed by atoms with Crippen LogP contribution in [0.25, 0.3) is 5.57 Å². The van der Waals surface area contributed by atoms with Gasteiger partial charge in [0.25, 0.3) is 0 Å². The van der Waals surface area contributed by atoms with Crippen molar-refractivity contribution in [3.05, 3.63) is 17.2 Å². The van der Waals surface area contributed by atoms with Crippen LogP contribution < -0.4 is 5.73 Å². The molecule has 2 N–H and O–H groups in total. The molecule has 0 saturated heterocycles. The molecule has 0 saturated carbocycles. The van der Waals surface area contributed by atoms with Gasteiger partial charge >= 0.3 is 5.97 Å². The van der Waals surface area contributed by atoms with Crippen molar-refractivity contribution >= 4 is 28.0 Å². The molecule has 0 fully saturated rings. The smallest absolute Gasteiger partial charge is 0.340 e. The van der Waals surface area contributed by atoms with Crippen molar-refractivity contribution in [2.24, 2.45) is 0 Å². The molecule has 1 heterocycles. The standard InChI is InChI=1S/C12H18N2O2S/c1-5-6-8(9-7-17-11(13)14-9)10(15)16-12(2,3)4/h6-7H,5H2,1-4H3,(H2,13,14). The Balaban J connectivity index is 2.95. The first-order chi connectivity index (χ1) is 7.83. The van der Waals surface area contributed by atoms with E-state index in [1.165, 1.54) is 11.3 Å². The molecule has 1 aromatic heterocycles. The Hall–Kier alpha value is -1.36. The number of esters is 1. The Morgan fingerprint density at radius 1 is 1.59 bits per heavy atom. The first-order valence-electron chi connectivity index (χ1n) is 5.48. The number of hydrogen-bond donors (Lipinski definition) is 1. The van der Waals surface area contributed by atoms with Gasteiger partial charge in [-0.1, -0.05) is 13.0 Å². The van der Waals surface area contributed by atoms with Crippen LogP contribution in [0.3, 0.4) is 0 Å². The summed E-state index contributed by atoms with van der Waals surface area (Å²) in [5, 5.41) is 2.21. The number of nitrogens with zero attached hydrogens (tertiary/aromatic N) is 1. The summed E-state index contributed by atoms with van der Waals surface area (Å²) in [7, 11) is 0. The average molecular weight is 254 g/mol. The van der Waals surface area contributed by atoms with Crippen LogP contribution in [0.2, 0.25) is 0 Å². The van der Waals surface area contributed by atoms with Gasteiger partial charge < -0.3 is 10.5 Å². The van der Waals surface area contributed by atoms with E-state index in [0.29, 0.717) is 16.4 Å². The van der Waals surface area contributed by atoms with Crippen LogP contribution in [0.15, 0.2) is 11.5 Å². The number of anilines is 1. The minimum Gasteiger partial charge on any atom is -0.456 e. The molecular weight excluding hydrogens is 236 g/mol. The van der Waals surface area contributed by atoms with Gasteiger partial charge in [-0.3, -0.25) is 0 Å². The number of hydrogen-bond acceptors (Lipinski definition) is 5. The van der Waals surface area contributed by atoms with E-state index in [9.17, 15) is 4.79 Å². The Labute approximate surface area is 106 Å². The highest BCUT2D eigenvalue weighted by molar-refractivity contribution is 7.13. The third kappa shape index (κ3) is 4.19. The minimum atomic E-state index is -0.508. The fourth-order valence-corrected chi connectivity index (χ4v) is 1.80. The SMILES string of the molecule is CCC=C(C(=O)OC(C)(C)C)c1csc(N)n1. The van der Waals surface area contributed by atoms with Crippen LogP contribution in [0.5, 0.6) is 0 Å². The molecule has 0 atom stereocenters. The molecule has 0 spiro atoms. The Kier molecular flexibility index (Phi) is 4.28. The molecule has 0 aliphatic carbocycles. The van der Waals surface area contributed by atoms with Crippen molar-refractivity contribution in [3.63, 3.8) is 0 Å². The molecular formula is C12H18N2O2S. The largest absolute Gasteiger partial charge is 0.456 e. The molecule has 0 aliphatic heterocycles. The van der Waals surface area contributed by atoms with Gasteiger partial charge in [0.1, 0.15) is 5.60 Å². The highest BCUT2D eigenvalue weighted by Gasteiger charge is 2.22. The molecule has 0 unspecified atom stereocenters. The highest BCUT2D eigenvalue weighted by atomic mass is 32.1. The summed E-state index contributed by atoms with van der Waals surface area (Å²) in [5.41, 5.74) is 6.13. The van der Waals surface area contributed by atoms with Crippen LogP contribution in [-0.2, 0) is 9.53 Å². The molecule has 1 aromatic rings. The van der Waals surface area contributed by atoms with Gasteiger partial charge in [-0.2, -0.15) is 0 Å². The highest BCUT2D eigenvalue weighted by Crippen LogP contribution is 2.23. The van der Waals surface area contributed by atoms with E-state index in [1.807, 2.05) is 33.8 Å². The van der Waals surface area contributed by atoms with Crippen LogP contribution in [0.4, 0.5) is 5.13 Å². The van der Waals surface area contributed by atoms with Gasteiger partial charge in [-0.15, -0.1) is 11.3 Å². The van der Waals surface area contributed by atoms with Gasteiger partial charge in [0, 0.05) is 5.38 Å². The van der Waals surface area contributed by atoms with Crippen molar-refractivity contribution in [1.82, 2.24) is 4.98 Å². The van der Waals surface area contributed by atoms with E-state index >= 15 is 0 Å². The molecule has 0 bridgehead atoms. The molecule has 1 rings (SSSR count). The first kappa shape index (κ1) is 13.7. The number of ether oxygens (including phenoxy) is 1. The van der Waals surface area contributed by atoms with E-state index in [0.717, 1.165) is 6.42 Å². The second-order valence-corrected chi connectivity index (χ2v) is 5.49. The molecule has 0 radical (unpaired) electrons. The third-order valence-electron chi connectivity index (χ3n) is 1.82. The summed E-state index contributed by atoms with van der Waals surface area (Å²) in [4.78, 5) is 16.1. The van der Waals surface area contributed by atoms with E-state index in [2.05, 4.69) is 4.98 Å². The van der Waals surface area contributed by atoms with Crippen LogP contribution in [0, 0.1) is 0 Å². The molecule has 0 aromatic carbocycles. The lowest BCUT2D eigenvalue weighted by Gasteiger charge is -2.20. The van der Waals surface area contributed by atoms with Crippen LogP contribution in [-0.4, -0.2) is 16.6 Å². The number of nitrogen functional groups attached to an aromatic ring is 1. The molecule has 94 valence electrons. The summed E-state index contributed by atoms with van der Waals surface area (Å²) >= 11 is 1.31. The summed E-state index contributed by atoms with van der Waals surface area (Å²) in [6.45, 7) is 7.47. The Bertz CT molecular complexity index is 430. The second kappa shape index (κ2) is 5.31. The zero-order valence-corrected chi connectivity index (χ0v) is 11.4. The summed E-state index contributed by atoms with van der Waals surface area (Å²) in [6, 6.07) is 0. The minimum absolute atomic E-state index is 0.357. The van der Waals surface area contributed by atoms with Crippen LogP contribution in [0.1, 0.15) is 39.8 Å². The summed E-state index contributed by atoms with van der Waals surface area (Å²) in [6.07, 6.45) is 2.55. The maximum atomic E-state index is 12.0. The number of allylic oxidation sites excluding steroid dienone is 1. The van der Waals surface area contributed by atoms with Gasteiger partial charge in [0.15, 0.2) is 5.13 Å². The van der Waals surface area contributed by atoms with Crippen molar-refractivity contribution < 1.29 is 9.53 Å². The first-order valence-corrected chi connectivity index (χ1v) is 6.36. The van der Waals surface area contributed by atoms with E-state index in [-0.39, 0.29) is 5.97 Å². The number of rotatable bonds is 3. The van der Waals surface area contributed by atoms with E-state index in [1.54, 1.807) is 5.38 Å². The summed E-state index contributed by atoms with van der Waals surface area (Å²) < 4.78 is 5.33. The van der Waals surface area contributed by atoms with Gasteiger partial charge in [-0.05, 0) is 27.2 Å². The van der Waals surface area contributed by atoms with Gasteiger partial charge in [-0.25, -0.2) is 9.78 Å². The second-order valence-electron chi connectivity index (χ2n) is 4.60. The van der Waals surface area contributed by atoms with Crippen molar-refractivity contribution in [1.29, 1.82) is 0 Å². The number of carbonyl (C=O) groups is 1. The fourth-order valence-electron chi connectivity index (χ4n) is 1.24. The maximum Gasteiger partial charge on any atom is 0.340 e. The van der Waals surface area contributed by atoms with Crippen LogP contribution >= 0.6 is 11.3 Å². The van der Waals surface area contributed by atoms with Crippen molar-refractivity contribution in [3.8, 4) is 0 Å². The lowest BCUT2D eigenvalue weighted by Crippen LogP contribution is -2.24. The topological polar surface area (TPSA) is 65.2 Å². The van der Waals surface area contributed by atoms with Crippen molar-refractivity contribution in [2.75, 3.05) is 5.73 Å². The Morgan fingerprint density at radius 2 is 2.24 bits per heavy atom. The quantitative estimate of drug-likeness (QED) is 0.665. The lowest BCUT2D eigenvalue weighted by molar-refractivity contribution is -0.147. The normalized spacial score (nSPS) is 12.6. The zero-order chi connectivity index (χ0) is 13.1. The third-order valence-corrected chi connectivity index (χ3v) is 2.50. The molecule has 0 aliphatic rings. The number of carbonyl (C=O) groups excluding carboxylic acids is 1. The monoisotopic (exact) mass is 254 g/mol. The van der Waals surface area contributed by atoms with Crippen molar-refractivity contribution in [2.45, 2.75) is 39.7 Å². The maximum absolute atomic E-state index is 12.0. The van der Waals surface area contributed by atoms with Gasteiger partial charge in [0.05, 0.1) is 11.3 Å².